The molecule has 0 saturated carbocycles. The molecule has 1 fully saturated rings. The van der Waals surface area contributed by atoms with Crippen LogP contribution in [0.15, 0.2) is 22.7 Å². The van der Waals surface area contributed by atoms with E-state index in [2.05, 4.69) is 15.9 Å². The lowest BCUT2D eigenvalue weighted by atomic mass is 9.59. The van der Waals surface area contributed by atoms with Crippen LogP contribution < -0.4 is 0 Å². The maximum Gasteiger partial charge on any atom is 0.395 e. The minimum absolute atomic E-state index is 0.170. The molecule has 9 heteroatoms. The number of halogens is 1. The highest BCUT2D eigenvalue weighted by atomic mass is 79.9. The van der Waals surface area contributed by atoms with Gasteiger partial charge < -0.3 is 9.53 Å². The molecule has 4 atom stereocenters. The highest BCUT2D eigenvalue weighted by Gasteiger charge is 2.66. The minimum atomic E-state index is -1.70. The Labute approximate surface area is 198 Å². The van der Waals surface area contributed by atoms with Crippen LogP contribution in [0.25, 0.3) is 0 Å². The van der Waals surface area contributed by atoms with Crippen LogP contribution in [0.5, 0.6) is 0 Å². The maximum atomic E-state index is 13.5. The number of carbonyl (C=O) groups excluding carboxylic acids is 3. The zero-order chi connectivity index (χ0) is 24.2. The van der Waals surface area contributed by atoms with E-state index >= 15 is 0 Å². The number of aryl methyl sites for hydroxylation is 1. The number of aliphatic carboxylic acids is 1. The summed E-state index contributed by atoms with van der Waals surface area (Å²) in [6, 6.07) is 4.66. The molecule has 1 aromatic rings. The van der Waals surface area contributed by atoms with Gasteiger partial charge in [0.25, 0.3) is 0 Å². The van der Waals surface area contributed by atoms with Gasteiger partial charge in [-0.15, -0.1) is 0 Å². The molecule has 1 saturated heterocycles. The molecular weight excluding hydrogens is 494 g/mol. The van der Waals surface area contributed by atoms with E-state index in [1.54, 1.807) is 6.07 Å². The Kier molecular flexibility index (Phi) is 6.58. The Morgan fingerprint density at radius 3 is 2.34 bits per heavy atom. The largest absolute Gasteiger partial charge is 0.474 e. The summed E-state index contributed by atoms with van der Waals surface area (Å²) < 4.78 is 7.19. The van der Waals surface area contributed by atoms with E-state index in [-0.39, 0.29) is 5.78 Å². The van der Waals surface area contributed by atoms with Gasteiger partial charge in [-0.3, -0.25) is 19.3 Å². The van der Waals surface area contributed by atoms with Crippen molar-refractivity contribution in [3.8, 4) is 0 Å². The number of hydrogen-bond acceptors (Lipinski definition) is 5. The average Bonchev–Trinajstić information content (AvgIpc) is 2.65. The molecule has 0 unspecified atom stereocenters. The predicted octanol–water partition coefficient (Wildman–Crippen LogP) is 3.44. The van der Waals surface area contributed by atoms with Gasteiger partial charge in [0.2, 0.25) is 5.91 Å². The molecule has 0 radical (unpaired) electrons. The monoisotopic (exact) mass is 523 g/mol. The number of Topliss-reactive ketones (excluding diaryl/α,β-unsaturated/α-hetero) is 1. The van der Waals surface area contributed by atoms with Gasteiger partial charge in [-0.1, -0.05) is 42.8 Å². The van der Waals surface area contributed by atoms with Crippen LogP contribution in [0.3, 0.4) is 0 Å². The number of likely N-dealkylation sites (tertiary alicyclic amines) is 1. The van der Waals surface area contributed by atoms with Crippen molar-refractivity contribution in [3.63, 3.8) is 0 Å². The van der Waals surface area contributed by atoms with Gasteiger partial charge in [-0.25, -0.2) is 4.79 Å². The molecule has 2 aliphatic rings. The van der Waals surface area contributed by atoms with Crippen molar-refractivity contribution >= 4 is 48.5 Å². The molecular formula is C23H30BrNO6Si. The number of carboxylic acids is 1. The van der Waals surface area contributed by atoms with Crippen LogP contribution in [-0.2, 0) is 25.2 Å². The van der Waals surface area contributed by atoms with Crippen LogP contribution in [-0.4, -0.2) is 54.3 Å². The molecule has 7 nitrogen and oxygen atoms in total. The van der Waals surface area contributed by atoms with Gasteiger partial charge in [0.15, 0.2) is 14.8 Å². The minimum Gasteiger partial charge on any atom is -0.474 e. The number of carboxylic acid groups (broad SMARTS) is 1. The Morgan fingerprint density at radius 1 is 1.19 bits per heavy atom. The highest BCUT2D eigenvalue weighted by Crippen LogP contribution is 2.51. The number of nitrogens with zero attached hydrogens (tertiary/aromatic N) is 1. The second kappa shape index (κ2) is 8.50. The van der Waals surface area contributed by atoms with E-state index in [1.807, 2.05) is 52.9 Å². The van der Waals surface area contributed by atoms with Crippen LogP contribution in [0.2, 0.25) is 13.1 Å². The zero-order valence-corrected chi connectivity index (χ0v) is 22.0. The SMILES string of the molecule is C[SiH](C)O[C@](C)([C@H]1C(=O)N(C(=O)C(=O)O)[C@@H]1[C@@H]1CCc2ccc(Br)cc2C1=O)C(C)(C)C. The fourth-order valence-corrected chi connectivity index (χ4v) is 6.83. The van der Waals surface area contributed by atoms with E-state index in [9.17, 15) is 24.3 Å². The summed E-state index contributed by atoms with van der Waals surface area (Å²) in [6.45, 7) is 11.8. The lowest BCUT2D eigenvalue weighted by Crippen LogP contribution is -2.76. The number of carbonyl (C=O) groups is 4. The number of benzene rings is 1. The topological polar surface area (TPSA) is 101 Å². The van der Waals surface area contributed by atoms with Crippen molar-refractivity contribution in [1.82, 2.24) is 4.90 Å². The lowest BCUT2D eigenvalue weighted by molar-refractivity contribution is -0.196. The van der Waals surface area contributed by atoms with Gasteiger partial charge in [-0.2, -0.15) is 0 Å². The normalized spacial score (nSPS) is 25.2. The quantitative estimate of drug-likeness (QED) is 0.368. The van der Waals surface area contributed by atoms with Crippen LogP contribution in [0.4, 0.5) is 0 Å². The number of fused-ring (bicyclic) bond motifs is 1. The fourth-order valence-electron chi connectivity index (χ4n) is 4.99. The van der Waals surface area contributed by atoms with Gasteiger partial charge in [0.1, 0.15) is 0 Å². The number of hydrogen-bond donors (Lipinski definition) is 1. The molecule has 3 rings (SSSR count). The van der Waals surface area contributed by atoms with Crippen LogP contribution >= 0.6 is 15.9 Å². The zero-order valence-electron chi connectivity index (χ0n) is 19.3. The molecule has 0 spiro atoms. The molecule has 0 aromatic heterocycles. The van der Waals surface area contributed by atoms with Gasteiger partial charge >= 0.3 is 11.9 Å². The number of rotatable bonds is 4. The third-order valence-corrected chi connectivity index (χ3v) is 8.37. The molecule has 1 aliphatic heterocycles. The smallest absolute Gasteiger partial charge is 0.395 e. The van der Waals surface area contributed by atoms with E-state index < -0.39 is 55.7 Å². The standard InChI is InChI=1S/C23H30BrNO6Si/c1-22(2,3)23(4,31-32(5)6)16-17(25(19(16)27)20(28)21(29)30)14-10-8-12-7-9-13(24)11-15(12)18(14)26/h7,9,11,14,16-17,32H,8,10H2,1-6H3,(H,29,30)/t14-,16+,17+,23+/m0/s1. The molecule has 2 amide bonds. The van der Waals surface area contributed by atoms with Crippen molar-refractivity contribution < 1.29 is 28.7 Å². The van der Waals surface area contributed by atoms with Gasteiger partial charge in [-0.05, 0) is 56.0 Å². The summed E-state index contributed by atoms with van der Waals surface area (Å²) in [7, 11) is -1.63. The van der Waals surface area contributed by atoms with Crippen molar-refractivity contribution in [2.75, 3.05) is 0 Å². The Morgan fingerprint density at radius 2 is 1.81 bits per heavy atom. The Bertz CT molecular complexity index is 987. The van der Waals surface area contributed by atoms with Crippen LogP contribution in [0.1, 0.15) is 50.0 Å². The summed E-state index contributed by atoms with van der Waals surface area (Å²) in [5.41, 5.74) is 0.0208. The van der Waals surface area contributed by atoms with Gasteiger partial charge in [0, 0.05) is 16.0 Å². The van der Waals surface area contributed by atoms with Crippen LogP contribution in [0, 0.1) is 17.3 Å². The number of imide groups is 1. The summed E-state index contributed by atoms with van der Waals surface area (Å²) in [6.07, 6.45) is 1.04. The fraction of sp³-hybridized carbons (Fsp3) is 0.565. The third kappa shape index (κ3) is 3.99. The Hall–Kier alpha value is -1.84. The summed E-state index contributed by atoms with van der Waals surface area (Å²) in [5.74, 6) is -5.21. The van der Waals surface area contributed by atoms with E-state index in [1.165, 1.54) is 0 Å². The van der Waals surface area contributed by atoms with E-state index in [4.69, 9.17) is 4.43 Å². The maximum absolute atomic E-state index is 13.5. The molecule has 0 bridgehead atoms. The van der Waals surface area contributed by atoms with Crippen molar-refractivity contribution in [2.24, 2.45) is 17.3 Å². The van der Waals surface area contributed by atoms with E-state index in [0.717, 1.165) is 14.9 Å². The van der Waals surface area contributed by atoms with Crippen molar-refractivity contribution in [2.45, 2.75) is 65.3 Å². The highest BCUT2D eigenvalue weighted by molar-refractivity contribution is 9.10. The number of ketones is 1. The molecule has 174 valence electrons. The lowest BCUT2D eigenvalue weighted by Gasteiger charge is -2.59. The first kappa shape index (κ1) is 24.8. The van der Waals surface area contributed by atoms with Crippen molar-refractivity contribution in [1.29, 1.82) is 0 Å². The second-order valence-electron chi connectivity index (χ2n) is 10.1. The summed E-state index contributed by atoms with van der Waals surface area (Å²) >= 11 is 3.40. The first-order valence-corrected chi connectivity index (χ1v) is 14.4. The predicted molar refractivity (Wildman–Crippen MR) is 125 cm³/mol. The third-order valence-electron chi connectivity index (χ3n) is 6.92. The van der Waals surface area contributed by atoms with E-state index in [0.29, 0.717) is 18.4 Å². The first-order chi connectivity index (χ1) is 14.7. The average molecular weight is 524 g/mol. The summed E-state index contributed by atoms with van der Waals surface area (Å²) in [5, 5.41) is 9.35. The molecule has 32 heavy (non-hydrogen) atoms. The second-order valence-corrected chi connectivity index (χ2v) is 13.4. The first-order valence-electron chi connectivity index (χ1n) is 10.8. The summed E-state index contributed by atoms with van der Waals surface area (Å²) in [4.78, 5) is 51.6. The molecule has 1 heterocycles. The van der Waals surface area contributed by atoms with Gasteiger partial charge in [0.05, 0.1) is 17.6 Å². The number of amides is 2. The molecule has 1 N–H and O–H groups in total. The molecule has 1 aliphatic carbocycles. The Balaban J connectivity index is 2.11. The van der Waals surface area contributed by atoms with Crippen molar-refractivity contribution in [3.05, 3.63) is 33.8 Å². The molecule has 1 aromatic carbocycles. The number of β-lactam (4-membered cyclic amide) rings is 1.